The van der Waals surface area contributed by atoms with Crippen LogP contribution in [0, 0.1) is 13.8 Å². The van der Waals surface area contributed by atoms with Crippen LogP contribution >= 0.6 is 23.4 Å². The number of anilines is 1. The molecule has 1 N–H and O–H groups in total. The molecular formula is C15H14ClF3N2O2S. The second-order valence-corrected chi connectivity index (χ2v) is 6.76. The molecule has 130 valence electrons. The van der Waals surface area contributed by atoms with E-state index in [4.69, 9.17) is 16.0 Å². The largest absolute Gasteiger partial charge is 0.437 e. The maximum Gasteiger partial charge on any atom is 0.417 e. The van der Waals surface area contributed by atoms with E-state index in [0.29, 0.717) is 11.0 Å². The molecule has 1 aromatic heterocycles. The third-order valence-corrected chi connectivity index (χ3v) is 4.47. The molecule has 1 unspecified atom stereocenters. The number of amides is 1. The number of carbonyl (C=O) groups excluding carboxylic acids is 1. The Hall–Kier alpha value is -1.67. The first-order chi connectivity index (χ1) is 11.1. The van der Waals surface area contributed by atoms with Crippen molar-refractivity contribution in [2.75, 3.05) is 5.32 Å². The average Bonchev–Trinajstić information content (AvgIpc) is 2.78. The molecule has 0 aliphatic heterocycles. The molecule has 2 rings (SSSR count). The van der Waals surface area contributed by atoms with Gasteiger partial charge in [-0.05, 0) is 39.0 Å². The summed E-state index contributed by atoms with van der Waals surface area (Å²) < 4.78 is 43.9. The number of hydrogen-bond acceptors (Lipinski definition) is 4. The molecule has 0 fully saturated rings. The van der Waals surface area contributed by atoms with E-state index in [2.05, 4.69) is 10.3 Å². The van der Waals surface area contributed by atoms with Crippen molar-refractivity contribution < 1.29 is 22.4 Å². The van der Waals surface area contributed by atoms with Gasteiger partial charge in [0.2, 0.25) is 5.91 Å². The van der Waals surface area contributed by atoms with Gasteiger partial charge in [-0.25, -0.2) is 4.98 Å². The van der Waals surface area contributed by atoms with Crippen molar-refractivity contribution in [3.05, 3.63) is 40.2 Å². The minimum atomic E-state index is -4.59. The number of thioether (sulfide) groups is 1. The number of nitrogens with one attached hydrogen (secondary N) is 1. The second kappa shape index (κ2) is 7.06. The Balaban J connectivity index is 2.08. The van der Waals surface area contributed by atoms with Crippen molar-refractivity contribution in [1.29, 1.82) is 0 Å². The lowest BCUT2D eigenvalue weighted by atomic mass is 10.2. The van der Waals surface area contributed by atoms with Gasteiger partial charge in [0.1, 0.15) is 5.76 Å². The first kappa shape index (κ1) is 18.7. The Morgan fingerprint density at radius 1 is 1.38 bits per heavy atom. The first-order valence-corrected chi connectivity index (χ1v) is 8.12. The van der Waals surface area contributed by atoms with Gasteiger partial charge in [0.15, 0.2) is 0 Å². The third-order valence-electron chi connectivity index (χ3n) is 3.20. The fourth-order valence-electron chi connectivity index (χ4n) is 1.76. The van der Waals surface area contributed by atoms with Crippen LogP contribution in [0.2, 0.25) is 5.02 Å². The topological polar surface area (TPSA) is 55.1 Å². The van der Waals surface area contributed by atoms with Crippen molar-refractivity contribution in [2.45, 2.75) is 37.4 Å². The van der Waals surface area contributed by atoms with E-state index in [-0.39, 0.29) is 5.69 Å². The summed E-state index contributed by atoms with van der Waals surface area (Å²) in [5.41, 5.74) is -0.261. The van der Waals surface area contributed by atoms with E-state index in [1.165, 1.54) is 6.07 Å². The van der Waals surface area contributed by atoms with Gasteiger partial charge in [-0.3, -0.25) is 4.79 Å². The number of rotatable bonds is 4. The van der Waals surface area contributed by atoms with Gasteiger partial charge < -0.3 is 9.73 Å². The molecule has 1 amide bonds. The average molecular weight is 379 g/mol. The molecule has 9 heteroatoms. The van der Waals surface area contributed by atoms with Crippen molar-refractivity contribution >= 4 is 35.0 Å². The zero-order valence-corrected chi connectivity index (χ0v) is 14.6. The lowest BCUT2D eigenvalue weighted by molar-refractivity contribution is -0.137. The molecule has 4 nitrogen and oxygen atoms in total. The fourth-order valence-corrected chi connectivity index (χ4v) is 2.82. The monoisotopic (exact) mass is 378 g/mol. The molecule has 1 heterocycles. The summed E-state index contributed by atoms with van der Waals surface area (Å²) >= 11 is 6.63. The van der Waals surface area contributed by atoms with Crippen LogP contribution in [0.15, 0.2) is 27.8 Å². The second-order valence-electron chi connectivity index (χ2n) is 5.06. The van der Waals surface area contributed by atoms with Crippen LogP contribution in [0.25, 0.3) is 0 Å². The number of carbonyl (C=O) groups is 1. The summed E-state index contributed by atoms with van der Waals surface area (Å²) in [6.07, 6.45) is -4.59. The maximum absolute atomic E-state index is 12.8. The SMILES string of the molecule is Cc1nc(SC(C)C(=O)Nc2ccc(Cl)c(C(F)(F)F)c2)oc1C. The third kappa shape index (κ3) is 4.45. The van der Waals surface area contributed by atoms with Crippen LogP contribution in [0.5, 0.6) is 0 Å². The van der Waals surface area contributed by atoms with E-state index in [9.17, 15) is 18.0 Å². The van der Waals surface area contributed by atoms with Crippen molar-refractivity contribution in [3.63, 3.8) is 0 Å². The molecule has 24 heavy (non-hydrogen) atoms. The van der Waals surface area contributed by atoms with Crippen LogP contribution in [0.4, 0.5) is 18.9 Å². The zero-order valence-electron chi connectivity index (χ0n) is 13.0. The van der Waals surface area contributed by atoms with Crippen molar-refractivity contribution in [2.24, 2.45) is 0 Å². The summed E-state index contributed by atoms with van der Waals surface area (Å²) in [6, 6.07) is 3.21. The molecule has 0 radical (unpaired) electrons. The number of hydrogen-bond donors (Lipinski definition) is 1. The quantitative estimate of drug-likeness (QED) is 0.753. The summed E-state index contributed by atoms with van der Waals surface area (Å²) in [7, 11) is 0. The molecule has 0 saturated carbocycles. The predicted octanol–water partition coefficient (Wildman–Crippen LogP) is 5.08. The highest BCUT2D eigenvalue weighted by atomic mass is 35.5. The molecular weight excluding hydrogens is 365 g/mol. The molecule has 0 aliphatic carbocycles. The van der Waals surface area contributed by atoms with E-state index in [1.807, 2.05) is 0 Å². The zero-order chi connectivity index (χ0) is 18.1. The molecule has 0 aliphatic rings. The summed E-state index contributed by atoms with van der Waals surface area (Å²) in [6.45, 7) is 5.14. The summed E-state index contributed by atoms with van der Waals surface area (Å²) in [5, 5.41) is 1.74. The number of aryl methyl sites for hydroxylation is 2. The van der Waals surface area contributed by atoms with E-state index in [1.54, 1.807) is 20.8 Å². The Labute approximate surface area is 145 Å². The number of oxazole rings is 1. The Bertz CT molecular complexity index is 742. The summed E-state index contributed by atoms with van der Waals surface area (Å²) in [5.74, 6) is 0.182. The molecule has 2 aromatic rings. The number of nitrogens with zero attached hydrogens (tertiary/aromatic N) is 1. The lowest BCUT2D eigenvalue weighted by Gasteiger charge is -2.13. The number of aromatic nitrogens is 1. The molecule has 0 spiro atoms. The number of halogens is 4. The van der Waals surface area contributed by atoms with E-state index in [0.717, 1.165) is 29.6 Å². The predicted molar refractivity (Wildman–Crippen MR) is 86.4 cm³/mol. The fraction of sp³-hybridized carbons (Fsp3) is 0.333. The Kier molecular flexibility index (Phi) is 5.49. The molecule has 1 aromatic carbocycles. The van der Waals surface area contributed by atoms with Gasteiger partial charge in [0.05, 0.1) is 21.5 Å². The molecule has 1 atom stereocenters. The van der Waals surface area contributed by atoms with Crippen LogP contribution in [-0.4, -0.2) is 16.1 Å². The minimum absolute atomic E-state index is 0.0175. The lowest BCUT2D eigenvalue weighted by Crippen LogP contribution is -2.22. The van der Waals surface area contributed by atoms with Crippen molar-refractivity contribution in [1.82, 2.24) is 4.98 Å². The standard InChI is InChI=1S/C15H14ClF3N2O2S/c1-7-8(2)23-14(20-7)24-9(3)13(22)21-10-4-5-12(16)11(6-10)15(17,18)19/h4-6,9H,1-3H3,(H,21,22). The van der Waals surface area contributed by atoms with Crippen LogP contribution in [0.1, 0.15) is 23.9 Å². The Morgan fingerprint density at radius 2 is 2.04 bits per heavy atom. The summed E-state index contributed by atoms with van der Waals surface area (Å²) in [4.78, 5) is 16.3. The highest BCUT2D eigenvalue weighted by Gasteiger charge is 2.33. The first-order valence-electron chi connectivity index (χ1n) is 6.86. The normalized spacial score (nSPS) is 13.0. The molecule has 0 saturated heterocycles. The van der Waals surface area contributed by atoms with Crippen LogP contribution in [-0.2, 0) is 11.0 Å². The number of benzene rings is 1. The van der Waals surface area contributed by atoms with Gasteiger partial charge in [0, 0.05) is 5.69 Å². The smallest absolute Gasteiger partial charge is 0.417 e. The van der Waals surface area contributed by atoms with Crippen LogP contribution < -0.4 is 5.32 Å². The minimum Gasteiger partial charge on any atom is -0.437 e. The maximum atomic E-state index is 12.8. The van der Waals surface area contributed by atoms with Gasteiger partial charge in [-0.1, -0.05) is 23.4 Å². The van der Waals surface area contributed by atoms with Gasteiger partial charge in [0.25, 0.3) is 5.22 Å². The van der Waals surface area contributed by atoms with Gasteiger partial charge in [-0.15, -0.1) is 0 Å². The van der Waals surface area contributed by atoms with Gasteiger partial charge in [-0.2, -0.15) is 13.2 Å². The Morgan fingerprint density at radius 3 is 2.58 bits per heavy atom. The van der Waals surface area contributed by atoms with E-state index < -0.39 is 27.9 Å². The highest BCUT2D eigenvalue weighted by molar-refractivity contribution is 8.00. The highest BCUT2D eigenvalue weighted by Crippen LogP contribution is 2.36. The van der Waals surface area contributed by atoms with Crippen LogP contribution in [0.3, 0.4) is 0 Å². The molecule has 0 bridgehead atoms. The number of alkyl halides is 3. The van der Waals surface area contributed by atoms with E-state index >= 15 is 0 Å². The van der Waals surface area contributed by atoms with Gasteiger partial charge >= 0.3 is 6.18 Å². The van der Waals surface area contributed by atoms with Crippen molar-refractivity contribution in [3.8, 4) is 0 Å².